The minimum absolute atomic E-state index is 0.221. The highest BCUT2D eigenvalue weighted by molar-refractivity contribution is 5.97. The summed E-state index contributed by atoms with van der Waals surface area (Å²) in [7, 11) is 0. The maximum absolute atomic E-state index is 11.6. The Balaban J connectivity index is 1.93. The number of nitrogens with one attached hydrogen (secondary N) is 2. The van der Waals surface area contributed by atoms with Gasteiger partial charge in [-0.2, -0.15) is 0 Å². The summed E-state index contributed by atoms with van der Waals surface area (Å²) in [6.07, 6.45) is 2.99. The maximum Gasteiger partial charge on any atom is 0.288 e. The van der Waals surface area contributed by atoms with Crippen LogP contribution in [0.25, 0.3) is 0 Å². The lowest BCUT2D eigenvalue weighted by molar-refractivity contribution is 0.0841. The first-order valence-electron chi connectivity index (χ1n) is 5.20. The smallest absolute Gasteiger partial charge is 0.266 e. The molecule has 0 aromatic carbocycles. The molecule has 2 N–H and O–H groups in total. The second kappa shape index (κ2) is 5.53. The van der Waals surface area contributed by atoms with Crippen LogP contribution in [-0.4, -0.2) is 21.8 Å². The normalized spacial score (nSPS) is 9.56. The Hall–Kier alpha value is -2.76. The quantitative estimate of drug-likeness (QED) is 0.753. The van der Waals surface area contributed by atoms with Crippen molar-refractivity contribution >= 4 is 11.8 Å². The molecule has 0 aliphatic rings. The SMILES string of the molecule is O=C(NNC(=O)c1ccccn1)c1ccccn1. The summed E-state index contributed by atoms with van der Waals surface area (Å²) in [5.74, 6) is -0.972. The first kappa shape index (κ1) is 11.7. The van der Waals surface area contributed by atoms with Crippen molar-refractivity contribution in [3.63, 3.8) is 0 Å². The summed E-state index contributed by atoms with van der Waals surface area (Å²) >= 11 is 0. The fraction of sp³-hybridized carbons (Fsp3) is 0. The summed E-state index contributed by atoms with van der Waals surface area (Å²) in [6.45, 7) is 0. The van der Waals surface area contributed by atoms with E-state index in [9.17, 15) is 9.59 Å². The third kappa shape index (κ3) is 2.88. The second-order valence-electron chi connectivity index (χ2n) is 3.34. The number of pyridine rings is 2. The Morgan fingerprint density at radius 1 is 0.778 bits per heavy atom. The van der Waals surface area contributed by atoms with Gasteiger partial charge in [0.15, 0.2) is 0 Å². The predicted octanol–water partition coefficient (Wildman–Crippen LogP) is 0.551. The van der Waals surface area contributed by atoms with Gasteiger partial charge in [-0.1, -0.05) is 12.1 Å². The van der Waals surface area contributed by atoms with E-state index >= 15 is 0 Å². The molecular formula is C12H10N4O2. The molecule has 6 heteroatoms. The molecule has 18 heavy (non-hydrogen) atoms. The zero-order valence-corrected chi connectivity index (χ0v) is 9.33. The molecule has 90 valence electrons. The molecule has 0 bridgehead atoms. The third-order valence-electron chi connectivity index (χ3n) is 2.08. The highest BCUT2D eigenvalue weighted by Crippen LogP contribution is 1.93. The van der Waals surface area contributed by atoms with Gasteiger partial charge in [-0.25, -0.2) is 0 Å². The highest BCUT2D eigenvalue weighted by Gasteiger charge is 2.09. The van der Waals surface area contributed by atoms with E-state index in [0.717, 1.165) is 0 Å². The number of carbonyl (C=O) groups excluding carboxylic acids is 2. The van der Waals surface area contributed by atoms with Gasteiger partial charge >= 0.3 is 0 Å². The molecule has 0 saturated heterocycles. The van der Waals surface area contributed by atoms with E-state index in [2.05, 4.69) is 20.8 Å². The molecule has 2 rings (SSSR count). The topological polar surface area (TPSA) is 84.0 Å². The number of hydrogen-bond acceptors (Lipinski definition) is 4. The minimum Gasteiger partial charge on any atom is -0.266 e. The largest absolute Gasteiger partial charge is 0.288 e. The van der Waals surface area contributed by atoms with Gasteiger partial charge in [-0.3, -0.25) is 30.4 Å². The minimum atomic E-state index is -0.486. The standard InChI is InChI=1S/C12H10N4O2/c17-11(9-5-1-3-7-13-9)15-16-12(18)10-6-2-4-8-14-10/h1-8H,(H,15,17)(H,16,18). The van der Waals surface area contributed by atoms with E-state index in [-0.39, 0.29) is 11.4 Å². The van der Waals surface area contributed by atoms with Crippen molar-refractivity contribution in [1.82, 2.24) is 20.8 Å². The van der Waals surface area contributed by atoms with Gasteiger partial charge in [0.05, 0.1) is 0 Å². The summed E-state index contributed by atoms with van der Waals surface area (Å²) in [4.78, 5) is 30.8. The maximum atomic E-state index is 11.6. The Bertz CT molecular complexity index is 491. The second-order valence-corrected chi connectivity index (χ2v) is 3.34. The Labute approximate surface area is 103 Å². The number of amides is 2. The molecule has 2 aromatic rings. The first-order valence-corrected chi connectivity index (χ1v) is 5.20. The summed E-state index contributed by atoms with van der Waals surface area (Å²) in [5, 5.41) is 0. The molecule has 0 aliphatic carbocycles. The molecule has 2 amide bonds. The monoisotopic (exact) mass is 242 g/mol. The van der Waals surface area contributed by atoms with Crippen molar-refractivity contribution in [2.24, 2.45) is 0 Å². The van der Waals surface area contributed by atoms with Crippen molar-refractivity contribution in [2.75, 3.05) is 0 Å². The lowest BCUT2D eigenvalue weighted by Gasteiger charge is -2.05. The molecule has 0 unspecified atom stereocenters. The number of rotatable bonds is 2. The van der Waals surface area contributed by atoms with Crippen molar-refractivity contribution in [1.29, 1.82) is 0 Å². The fourth-order valence-corrected chi connectivity index (χ4v) is 1.24. The Kier molecular flexibility index (Phi) is 3.60. The van der Waals surface area contributed by atoms with Crippen LogP contribution in [0.3, 0.4) is 0 Å². The van der Waals surface area contributed by atoms with Gasteiger partial charge in [0.25, 0.3) is 11.8 Å². The average molecular weight is 242 g/mol. The van der Waals surface area contributed by atoms with Crippen LogP contribution in [-0.2, 0) is 0 Å². The first-order chi connectivity index (χ1) is 8.77. The van der Waals surface area contributed by atoms with E-state index < -0.39 is 11.8 Å². The number of hydrazine groups is 1. The van der Waals surface area contributed by atoms with Crippen molar-refractivity contribution in [2.45, 2.75) is 0 Å². The molecule has 2 aromatic heterocycles. The molecule has 0 spiro atoms. The van der Waals surface area contributed by atoms with Crippen LogP contribution < -0.4 is 10.9 Å². The molecule has 0 fully saturated rings. The number of hydrogen-bond donors (Lipinski definition) is 2. The van der Waals surface area contributed by atoms with Crippen LogP contribution in [0.5, 0.6) is 0 Å². The summed E-state index contributed by atoms with van der Waals surface area (Å²) in [5.41, 5.74) is 4.95. The zero-order valence-electron chi connectivity index (χ0n) is 9.33. The van der Waals surface area contributed by atoms with Crippen LogP contribution in [0.2, 0.25) is 0 Å². The van der Waals surface area contributed by atoms with Crippen LogP contribution in [0, 0.1) is 0 Å². The van der Waals surface area contributed by atoms with E-state index in [1.165, 1.54) is 12.4 Å². The summed E-state index contributed by atoms with van der Waals surface area (Å²) < 4.78 is 0. The number of nitrogens with zero attached hydrogens (tertiary/aromatic N) is 2. The van der Waals surface area contributed by atoms with Crippen LogP contribution in [0.15, 0.2) is 48.8 Å². The third-order valence-corrected chi connectivity index (χ3v) is 2.08. The molecular weight excluding hydrogens is 232 g/mol. The molecule has 0 aliphatic heterocycles. The van der Waals surface area contributed by atoms with Gasteiger partial charge in [0, 0.05) is 12.4 Å². The van der Waals surface area contributed by atoms with Crippen LogP contribution >= 0.6 is 0 Å². The van der Waals surface area contributed by atoms with E-state index in [0.29, 0.717) is 0 Å². The Morgan fingerprint density at radius 3 is 1.56 bits per heavy atom. The van der Waals surface area contributed by atoms with Crippen molar-refractivity contribution in [3.8, 4) is 0 Å². The lowest BCUT2D eigenvalue weighted by atomic mass is 10.3. The lowest BCUT2D eigenvalue weighted by Crippen LogP contribution is -2.42. The average Bonchev–Trinajstić information content (AvgIpc) is 2.46. The Morgan fingerprint density at radius 2 is 1.22 bits per heavy atom. The van der Waals surface area contributed by atoms with Gasteiger partial charge in [0.1, 0.15) is 11.4 Å². The fourth-order valence-electron chi connectivity index (χ4n) is 1.24. The molecule has 2 heterocycles. The van der Waals surface area contributed by atoms with E-state index in [1.54, 1.807) is 36.4 Å². The van der Waals surface area contributed by atoms with Crippen LogP contribution in [0.4, 0.5) is 0 Å². The van der Waals surface area contributed by atoms with E-state index in [1.807, 2.05) is 0 Å². The van der Waals surface area contributed by atoms with Gasteiger partial charge in [-0.05, 0) is 24.3 Å². The molecule has 0 saturated carbocycles. The number of carbonyl (C=O) groups is 2. The van der Waals surface area contributed by atoms with Crippen molar-refractivity contribution < 1.29 is 9.59 Å². The number of aromatic nitrogens is 2. The van der Waals surface area contributed by atoms with Crippen LogP contribution in [0.1, 0.15) is 21.0 Å². The van der Waals surface area contributed by atoms with E-state index in [4.69, 9.17) is 0 Å². The predicted molar refractivity (Wildman–Crippen MR) is 63.4 cm³/mol. The molecule has 0 radical (unpaired) electrons. The highest BCUT2D eigenvalue weighted by atomic mass is 16.2. The molecule has 0 atom stereocenters. The van der Waals surface area contributed by atoms with Gasteiger partial charge in [0.2, 0.25) is 0 Å². The van der Waals surface area contributed by atoms with Gasteiger partial charge in [-0.15, -0.1) is 0 Å². The molecule has 6 nitrogen and oxygen atoms in total. The van der Waals surface area contributed by atoms with Gasteiger partial charge < -0.3 is 0 Å². The van der Waals surface area contributed by atoms with Crippen molar-refractivity contribution in [3.05, 3.63) is 60.2 Å². The summed E-state index contributed by atoms with van der Waals surface area (Å²) in [6, 6.07) is 9.85. The zero-order chi connectivity index (χ0) is 12.8.